The topological polar surface area (TPSA) is 43.1 Å². The van der Waals surface area contributed by atoms with Crippen LogP contribution in [0.2, 0.25) is 10.0 Å². The Balaban J connectivity index is 3.36. The molecule has 0 heterocycles. The molecule has 12 heavy (non-hydrogen) atoms. The molecule has 0 N–H and O–H groups in total. The molecule has 0 spiro atoms. The molecule has 6 heteroatoms. The fourth-order valence-corrected chi connectivity index (χ4v) is 1.32. The lowest BCUT2D eigenvalue weighted by molar-refractivity contribution is -0.384. The molecule has 0 amide bonds. The van der Waals surface area contributed by atoms with Crippen LogP contribution in [0.3, 0.4) is 0 Å². The quantitative estimate of drug-likeness (QED) is 0.452. The Morgan fingerprint density at radius 1 is 1.33 bits per heavy atom. The van der Waals surface area contributed by atoms with Crippen molar-refractivity contribution in [2.45, 2.75) is 4.90 Å². The van der Waals surface area contributed by atoms with E-state index >= 15 is 0 Å². The van der Waals surface area contributed by atoms with Gasteiger partial charge in [0.25, 0.3) is 5.69 Å². The summed E-state index contributed by atoms with van der Waals surface area (Å²) >= 11 is 15.1. The molecule has 3 nitrogen and oxygen atoms in total. The van der Waals surface area contributed by atoms with Gasteiger partial charge >= 0.3 is 0 Å². The number of thiol groups is 1. The van der Waals surface area contributed by atoms with Crippen molar-refractivity contribution in [2.75, 3.05) is 0 Å². The predicted molar refractivity (Wildman–Crippen MR) is 50.4 cm³/mol. The second-order valence-corrected chi connectivity index (χ2v) is 3.23. The molecule has 0 aliphatic carbocycles. The highest BCUT2D eigenvalue weighted by atomic mass is 35.5. The van der Waals surface area contributed by atoms with Crippen molar-refractivity contribution < 1.29 is 4.92 Å². The Morgan fingerprint density at radius 3 is 2.42 bits per heavy atom. The Kier molecular flexibility index (Phi) is 2.82. The zero-order chi connectivity index (χ0) is 9.30. The van der Waals surface area contributed by atoms with E-state index in [2.05, 4.69) is 12.6 Å². The summed E-state index contributed by atoms with van der Waals surface area (Å²) in [6.07, 6.45) is 0. The lowest BCUT2D eigenvalue weighted by Crippen LogP contribution is -1.89. The van der Waals surface area contributed by atoms with Crippen LogP contribution in [0.1, 0.15) is 0 Å². The summed E-state index contributed by atoms with van der Waals surface area (Å²) in [5.74, 6) is 0. The van der Waals surface area contributed by atoms with Crippen molar-refractivity contribution in [3.8, 4) is 0 Å². The van der Waals surface area contributed by atoms with Crippen molar-refractivity contribution in [3.63, 3.8) is 0 Å². The molecular weight excluding hydrogens is 221 g/mol. The maximum Gasteiger partial charge on any atom is 0.289 e. The van der Waals surface area contributed by atoms with Crippen LogP contribution < -0.4 is 0 Å². The van der Waals surface area contributed by atoms with Crippen LogP contribution in [0.15, 0.2) is 17.0 Å². The molecule has 0 saturated carbocycles. The van der Waals surface area contributed by atoms with Gasteiger partial charge in [0.1, 0.15) is 5.02 Å². The SMILES string of the molecule is O=[N+]([O-])c1ccc(S)c(Cl)c1Cl. The first-order valence-electron chi connectivity index (χ1n) is 2.85. The summed E-state index contributed by atoms with van der Waals surface area (Å²) in [6.45, 7) is 0. The average molecular weight is 224 g/mol. The van der Waals surface area contributed by atoms with E-state index in [0.717, 1.165) is 0 Å². The van der Waals surface area contributed by atoms with E-state index < -0.39 is 4.92 Å². The van der Waals surface area contributed by atoms with Crippen LogP contribution in [-0.2, 0) is 0 Å². The third kappa shape index (κ3) is 1.65. The number of benzene rings is 1. The molecule has 0 bridgehead atoms. The van der Waals surface area contributed by atoms with E-state index in [1.165, 1.54) is 12.1 Å². The van der Waals surface area contributed by atoms with Crippen LogP contribution in [0.4, 0.5) is 5.69 Å². The average Bonchev–Trinajstić information content (AvgIpc) is 2.00. The van der Waals surface area contributed by atoms with Crippen LogP contribution in [-0.4, -0.2) is 4.92 Å². The highest BCUT2D eigenvalue weighted by Gasteiger charge is 2.16. The fraction of sp³-hybridized carbons (Fsp3) is 0. The van der Waals surface area contributed by atoms with Crippen molar-refractivity contribution in [1.82, 2.24) is 0 Å². The second-order valence-electron chi connectivity index (χ2n) is 1.99. The van der Waals surface area contributed by atoms with E-state index in [0.29, 0.717) is 4.90 Å². The number of nitro benzene ring substituents is 1. The van der Waals surface area contributed by atoms with Gasteiger partial charge in [0.05, 0.1) is 9.95 Å². The number of rotatable bonds is 1. The highest BCUT2D eigenvalue weighted by molar-refractivity contribution is 7.80. The third-order valence-corrected chi connectivity index (χ3v) is 2.61. The summed E-state index contributed by atoms with van der Waals surface area (Å²) in [6, 6.07) is 2.69. The Morgan fingerprint density at radius 2 is 1.92 bits per heavy atom. The number of hydrogen-bond donors (Lipinski definition) is 1. The summed E-state index contributed by atoms with van der Waals surface area (Å²) in [4.78, 5) is 10.2. The van der Waals surface area contributed by atoms with Crippen LogP contribution >= 0.6 is 35.8 Å². The van der Waals surface area contributed by atoms with Gasteiger partial charge in [0.15, 0.2) is 0 Å². The lowest BCUT2D eigenvalue weighted by atomic mass is 10.3. The molecule has 1 aromatic carbocycles. The normalized spacial score (nSPS) is 9.92. The molecular formula is C6H3Cl2NO2S. The van der Waals surface area contributed by atoms with Gasteiger partial charge in [-0.05, 0) is 6.07 Å². The standard InChI is InChI=1S/C6H3Cl2NO2S/c7-5-3(9(10)11)1-2-4(12)6(5)8/h1-2,12H. The first-order chi connectivity index (χ1) is 5.54. The van der Waals surface area contributed by atoms with Gasteiger partial charge in [-0.25, -0.2) is 0 Å². The smallest absolute Gasteiger partial charge is 0.258 e. The second kappa shape index (κ2) is 3.51. The zero-order valence-electron chi connectivity index (χ0n) is 5.62. The molecule has 1 aromatic rings. The molecule has 1 rings (SSSR count). The molecule has 0 radical (unpaired) electrons. The van der Waals surface area contributed by atoms with Gasteiger partial charge in [-0.3, -0.25) is 10.1 Å². The Hall–Kier alpha value is -0.450. The van der Waals surface area contributed by atoms with E-state index in [1.807, 2.05) is 0 Å². The van der Waals surface area contributed by atoms with Gasteiger partial charge in [-0.1, -0.05) is 23.2 Å². The molecule has 0 aliphatic rings. The fourth-order valence-electron chi connectivity index (χ4n) is 0.670. The molecule has 0 aliphatic heterocycles. The van der Waals surface area contributed by atoms with Crippen LogP contribution in [0.25, 0.3) is 0 Å². The summed E-state index contributed by atoms with van der Waals surface area (Å²) in [5, 5.41) is 10.4. The van der Waals surface area contributed by atoms with Gasteiger partial charge in [0, 0.05) is 11.0 Å². The van der Waals surface area contributed by atoms with Gasteiger partial charge in [0.2, 0.25) is 0 Å². The van der Waals surface area contributed by atoms with Gasteiger partial charge in [-0.15, -0.1) is 12.6 Å². The number of nitrogens with zero attached hydrogens (tertiary/aromatic N) is 1. The summed E-state index contributed by atoms with van der Waals surface area (Å²) < 4.78 is 0. The molecule has 0 aromatic heterocycles. The third-order valence-electron chi connectivity index (χ3n) is 1.24. The number of nitro groups is 1. The van der Waals surface area contributed by atoms with Crippen LogP contribution in [0.5, 0.6) is 0 Å². The molecule has 0 unspecified atom stereocenters. The molecule has 0 atom stereocenters. The first-order valence-corrected chi connectivity index (χ1v) is 4.05. The summed E-state index contributed by atoms with van der Waals surface area (Å²) in [7, 11) is 0. The lowest BCUT2D eigenvalue weighted by Gasteiger charge is -1.99. The first kappa shape index (κ1) is 9.64. The number of halogens is 2. The van der Waals surface area contributed by atoms with Crippen molar-refractivity contribution in [1.29, 1.82) is 0 Å². The van der Waals surface area contributed by atoms with Crippen molar-refractivity contribution >= 4 is 41.5 Å². The molecule has 64 valence electrons. The maximum atomic E-state index is 10.3. The van der Waals surface area contributed by atoms with E-state index in [1.54, 1.807) is 0 Å². The minimum absolute atomic E-state index is 0.0748. The highest BCUT2D eigenvalue weighted by Crippen LogP contribution is 2.35. The van der Waals surface area contributed by atoms with Gasteiger partial charge in [-0.2, -0.15) is 0 Å². The van der Waals surface area contributed by atoms with E-state index in [9.17, 15) is 10.1 Å². The number of hydrogen-bond acceptors (Lipinski definition) is 3. The monoisotopic (exact) mass is 223 g/mol. The minimum Gasteiger partial charge on any atom is -0.258 e. The summed E-state index contributed by atoms with van der Waals surface area (Å²) in [5.41, 5.74) is -0.209. The zero-order valence-corrected chi connectivity index (χ0v) is 8.03. The van der Waals surface area contributed by atoms with Crippen molar-refractivity contribution in [2.24, 2.45) is 0 Å². The van der Waals surface area contributed by atoms with E-state index in [4.69, 9.17) is 23.2 Å². The van der Waals surface area contributed by atoms with E-state index in [-0.39, 0.29) is 15.7 Å². The maximum absolute atomic E-state index is 10.3. The van der Waals surface area contributed by atoms with Crippen LogP contribution in [0, 0.1) is 10.1 Å². The molecule has 0 fully saturated rings. The molecule has 0 saturated heterocycles. The predicted octanol–water partition coefficient (Wildman–Crippen LogP) is 3.19. The van der Waals surface area contributed by atoms with Gasteiger partial charge < -0.3 is 0 Å². The largest absolute Gasteiger partial charge is 0.289 e. The Labute approximate surface area is 83.8 Å². The van der Waals surface area contributed by atoms with Crippen molar-refractivity contribution in [3.05, 3.63) is 32.3 Å². The minimum atomic E-state index is -0.596. The Bertz CT molecular complexity index is 343.